The summed E-state index contributed by atoms with van der Waals surface area (Å²) in [7, 11) is 5.97. The molecule has 0 heterocycles. The normalized spacial score (nSPS) is 13.1. The summed E-state index contributed by atoms with van der Waals surface area (Å²) in [5.41, 5.74) is 0. The number of esters is 2. The van der Waals surface area contributed by atoms with Crippen LogP contribution < -0.4 is 0 Å². The van der Waals surface area contributed by atoms with Crippen LogP contribution in [0.2, 0.25) is 0 Å². The first-order chi connectivity index (χ1) is 34.1. The van der Waals surface area contributed by atoms with E-state index in [1.807, 2.05) is 21.1 Å². The molecule has 0 aliphatic carbocycles. The van der Waals surface area contributed by atoms with Crippen LogP contribution in [0.4, 0.5) is 0 Å². The van der Waals surface area contributed by atoms with Gasteiger partial charge in [-0.2, -0.15) is 0 Å². The number of carboxylic acid groups (broad SMARTS) is 1. The first kappa shape index (κ1) is 67.2. The molecule has 70 heavy (non-hydrogen) atoms. The van der Waals surface area contributed by atoms with Gasteiger partial charge in [0.05, 0.1) is 34.4 Å². The van der Waals surface area contributed by atoms with Gasteiger partial charge in [0.1, 0.15) is 13.2 Å². The second-order valence-corrected chi connectivity index (χ2v) is 20.9. The molecule has 0 bridgehead atoms. The van der Waals surface area contributed by atoms with Crippen molar-refractivity contribution in [3.63, 3.8) is 0 Å². The van der Waals surface area contributed by atoms with E-state index >= 15 is 0 Å². The number of nitrogens with zero attached hydrogens (tertiary/aromatic N) is 1. The molecule has 0 aromatic heterocycles. The molecule has 2 unspecified atom stereocenters. The van der Waals surface area contributed by atoms with Crippen LogP contribution in [0.3, 0.4) is 0 Å². The molecule has 0 aliphatic heterocycles. The molecule has 0 fully saturated rings. The number of carbonyl (C=O) groups excluding carboxylic acids is 2. The number of hydrogen-bond acceptors (Lipinski definition) is 7. The van der Waals surface area contributed by atoms with Gasteiger partial charge in [-0.05, 0) is 77.0 Å². The summed E-state index contributed by atoms with van der Waals surface area (Å²) in [6.45, 7) is 4.86. The molecule has 9 nitrogen and oxygen atoms in total. The van der Waals surface area contributed by atoms with Crippen molar-refractivity contribution in [3.05, 3.63) is 48.6 Å². The number of likely N-dealkylation sites (N-methyl/N-ethyl adjacent to an activating group) is 1. The molecule has 0 spiro atoms. The molecule has 0 aromatic carbocycles. The van der Waals surface area contributed by atoms with Crippen molar-refractivity contribution in [2.24, 2.45) is 0 Å². The minimum Gasteiger partial charge on any atom is -0.477 e. The standard InChI is InChI=1S/C61H111NO8/c1-6-8-10-12-14-16-18-20-22-24-25-26-27-28-29-30-31-32-33-34-35-36-38-40-42-44-46-48-50-52-59(64)70-57(56-69-61(60(65)66)67-54-53-62(3,4)5)55-68-58(63)51-49-47-45-43-41-39-37-23-21-19-17-15-13-11-9-7-2/h17-20,23-25,37,57,61H,6-16,21-22,26-36,38-56H2,1-5H3/p+1/b19-17-,20-18-,25-24-,37-23-. The van der Waals surface area contributed by atoms with Crippen LogP contribution in [0.15, 0.2) is 48.6 Å². The Kier molecular flexibility index (Phi) is 50.5. The van der Waals surface area contributed by atoms with Gasteiger partial charge < -0.3 is 28.5 Å². The van der Waals surface area contributed by atoms with Crippen LogP contribution in [-0.4, -0.2) is 87.4 Å². The first-order valence-corrected chi connectivity index (χ1v) is 29.3. The number of quaternary nitrogens is 1. The number of rotatable bonds is 54. The largest absolute Gasteiger partial charge is 0.477 e. The third-order valence-corrected chi connectivity index (χ3v) is 12.8. The Morgan fingerprint density at radius 1 is 0.429 bits per heavy atom. The van der Waals surface area contributed by atoms with E-state index in [-0.39, 0.29) is 38.6 Å². The summed E-state index contributed by atoms with van der Waals surface area (Å²) in [5.74, 6) is -2.01. The third kappa shape index (κ3) is 53.1. The van der Waals surface area contributed by atoms with E-state index in [9.17, 15) is 19.5 Å². The molecule has 2 atom stereocenters. The molecule has 0 aromatic rings. The number of carboxylic acids is 1. The van der Waals surface area contributed by atoms with Gasteiger partial charge in [0.15, 0.2) is 6.10 Å². The zero-order valence-electron chi connectivity index (χ0n) is 46.4. The Bertz CT molecular complexity index is 1290. The molecule has 1 N–H and O–H groups in total. The Hall–Kier alpha value is -2.75. The molecule has 9 heteroatoms. The van der Waals surface area contributed by atoms with Gasteiger partial charge in [0.2, 0.25) is 0 Å². The summed E-state index contributed by atoms with van der Waals surface area (Å²) in [4.78, 5) is 37.4. The van der Waals surface area contributed by atoms with Gasteiger partial charge in [0, 0.05) is 12.8 Å². The highest BCUT2D eigenvalue weighted by Crippen LogP contribution is 2.16. The minimum atomic E-state index is -1.51. The van der Waals surface area contributed by atoms with E-state index in [4.69, 9.17) is 18.9 Å². The molecule has 0 saturated carbocycles. The molecule has 0 amide bonds. The van der Waals surface area contributed by atoms with Crippen LogP contribution in [-0.2, 0) is 33.3 Å². The van der Waals surface area contributed by atoms with Crippen LogP contribution in [0.1, 0.15) is 264 Å². The average Bonchev–Trinajstić information content (AvgIpc) is 3.33. The van der Waals surface area contributed by atoms with Crippen molar-refractivity contribution in [1.82, 2.24) is 0 Å². The molecule has 0 radical (unpaired) electrons. The minimum absolute atomic E-state index is 0.185. The summed E-state index contributed by atoms with van der Waals surface area (Å²) >= 11 is 0. The maximum absolute atomic E-state index is 12.9. The van der Waals surface area contributed by atoms with E-state index in [1.54, 1.807) is 0 Å². The molecule has 0 saturated heterocycles. The summed E-state index contributed by atoms with van der Waals surface area (Å²) < 4.78 is 22.9. The van der Waals surface area contributed by atoms with E-state index in [1.165, 1.54) is 167 Å². The number of hydrogen-bond donors (Lipinski definition) is 1. The topological polar surface area (TPSA) is 108 Å². The number of carbonyl (C=O) groups is 3. The average molecular weight is 988 g/mol. The Balaban J connectivity index is 4.17. The van der Waals surface area contributed by atoms with Gasteiger partial charge in [-0.1, -0.05) is 223 Å². The number of unbranched alkanes of at least 4 members (excludes halogenated alkanes) is 31. The smallest absolute Gasteiger partial charge is 0.361 e. The Morgan fingerprint density at radius 2 is 0.771 bits per heavy atom. The van der Waals surface area contributed by atoms with Crippen LogP contribution >= 0.6 is 0 Å². The maximum Gasteiger partial charge on any atom is 0.361 e. The molecule has 0 rings (SSSR count). The molecular weight excluding hydrogens is 875 g/mol. The van der Waals surface area contributed by atoms with Crippen molar-refractivity contribution in [1.29, 1.82) is 0 Å². The first-order valence-electron chi connectivity index (χ1n) is 29.3. The van der Waals surface area contributed by atoms with Crippen molar-refractivity contribution in [2.75, 3.05) is 47.5 Å². The highest BCUT2D eigenvalue weighted by atomic mass is 16.7. The monoisotopic (exact) mass is 987 g/mol. The summed E-state index contributed by atoms with van der Waals surface area (Å²) in [6.07, 6.45) is 61.9. The van der Waals surface area contributed by atoms with Gasteiger partial charge in [-0.25, -0.2) is 4.79 Å². The van der Waals surface area contributed by atoms with Crippen LogP contribution in [0, 0.1) is 0 Å². The van der Waals surface area contributed by atoms with Gasteiger partial charge in [-0.15, -0.1) is 0 Å². The van der Waals surface area contributed by atoms with Crippen molar-refractivity contribution < 1.29 is 42.9 Å². The summed E-state index contributed by atoms with van der Waals surface area (Å²) in [6, 6.07) is 0. The Morgan fingerprint density at radius 3 is 1.14 bits per heavy atom. The fourth-order valence-corrected chi connectivity index (χ4v) is 8.25. The molecule has 0 aliphatic rings. The van der Waals surface area contributed by atoms with Crippen LogP contribution in [0.5, 0.6) is 0 Å². The van der Waals surface area contributed by atoms with Crippen LogP contribution in [0.25, 0.3) is 0 Å². The number of aliphatic carboxylic acids is 1. The van der Waals surface area contributed by atoms with E-state index in [0.29, 0.717) is 11.0 Å². The third-order valence-electron chi connectivity index (χ3n) is 12.8. The number of ether oxygens (including phenoxy) is 4. The molecule has 408 valence electrons. The SMILES string of the molecule is CCCCCC/C=C\C/C=C\CCCCCCCC(=O)OCC(COC(OCC[N+](C)(C)C)C(=O)O)OC(=O)CCCCCCCCCCCCCCCCCCC/C=C\C/C=C\CCCCCCC. The zero-order valence-corrected chi connectivity index (χ0v) is 46.4. The van der Waals surface area contributed by atoms with Crippen molar-refractivity contribution in [3.8, 4) is 0 Å². The van der Waals surface area contributed by atoms with E-state index < -0.39 is 24.3 Å². The quantitative estimate of drug-likeness (QED) is 0.0211. The van der Waals surface area contributed by atoms with Crippen molar-refractivity contribution >= 4 is 17.9 Å². The predicted octanol–water partition coefficient (Wildman–Crippen LogP) is 17.1. The fourth-order valence-electron chi connectivity index (χ4n) is 8.25. The lowest BCUT2D eigenvalue weighted by atomic mass is 10.0. The second-order valence-electron chi connectivity index (χ2n) is 20.9. The second kappa shape index (κ2) is 52.6. The predicted molar refractivity (Wildman–Crippen MR) is 295 cm³/mol. The fraction of sp³-hybridized carbons (Fsp3) is 0.820. The van der Waals surface area contributed by atoms with Gasteiger partial charge in [0.25, 0.3) is 6.29 Å². The lowest BCUT2D eigenvalue weighted by molar-refractivity contribution is -0.870. The van der Waals surface area contributed by atoms with E-state index in [2.05, 4.69) is 62.5 Å². The highest BCUT2D eigenvalue weighted by Gasteiger charge is 2.25. The zero-order chi connectivity index (χ0) is 51.3. The van der Waals surface area contributed by atoms with Gasteiger partial charge in [-0.3, -0.25) is 9.59 Å². The Labute approximate surface area is 432 Å². The lowest BCUT2D eigenvalue weighted by Gasteiger charge is -2.25. The highest BCUT2D eigenvalue weighted by molar-refractivity contribution is 5.71. The van der Waals surface area contributed by atoms with Gasteiger partial charge >= 0.3 is 17.9 Å². The summed E-state index contributed by atoms with van der Waals surface area (Å²) in [5, 5.41) is 9.69. The maximum atomic E-state index is 12.9. The van der Waals surface area contributed by atoms with Crippen molar-refractivity contribution in [2.45, 2.75) is 277 Å². The number of allylic oxidation sites excluding steroid dienone is 8. The molecular formula is C61H112NO8+. The van der Waals surface area contributed by atoms with E-state index in [0.717, 1.165) is 70.6 Å². The lowest BCUT2D eigenvalue weighted by Crippen LogP contribution is -2.40.